The summed E-state index contributed by atoms with van der Waals surface area (Å²) in [6.45, 7) is 2.14. The summed E-state index contributed by atoms with van der Waals surface area (Å²) in [4.78, 5) is 26.3. The molecule has 4 nitrogen and oxygen atoms in total. The molecule has 1 unspecified atom stereocenters. The second-order valence-corrected chi connectivity index (χ2v) is 6.54. The minimum absolute atomic E-state index is 0.220. The van der Waals surface area contributed by atoms with Crippen LogP contribution in [0.15, 0.2) is 54.6 Å². The first-order valence-corrected chi connectivity index (χ1v) is 8.32. The number of imide groups is 1. The topological polar surface area (TPSA) is 49.4 Å². The predicted molar refractivity (Wildman–Crippen MR) is 93.8 cm³/mol. The number of rotatable bonds is 5. The van der Waals surface area contributed by atoms with Crippen molar-refractivity contribution in [2.45, 2.75) is 25.3 Å². The minimum Gasteiger partial charge on any atom is -0.319 e. The lowest BCUT2D eigenvalue weighted by atomic mass is 9.92. The molecule has 0 aliphatic carbocycles. The van der Waals surface area contributed by atoms with E-state index in [1.54, 1.807) is 31.2 Å². The monoisotopic (exact) mass is 342 g/mol. The van der Waals surface area contributed by atoms with Crippen LogP contribution < -0.4 is 5.32 Å². The van der Waals surface area contributed by atoms with Gasteiger partial charge in [0.15, 0.2) is 0 Å². The van der Waals surface area contributed by atoms with E-state index in [4.69, 9.17) is 11.6 Å². The Bertz CT molecular complexity index is 746. The lowest BCUT2D eigenvalue weighted by molar-refractivity contribution is -0.131. The molecule has 3 rings (SSSR count). The van der Waals surface area contributed by atoms with E-state index < -0.39 is 5.54 Å². The van der Waals surface area contributed by atoms with Crippen LogP contribution in [0.4, 0.5) is 4.79 Å². The van der Waals surface area contributed by atoms with Crippen LogP contribution in [0.1, 0.15) is 24.5 Å². The smallest absolute Gasteiger partial charge is 0.319 e. The van der Waals surface area contributed by atoms with Gasteiger partial charge in [0.05, 0.1) is 0 Å². The Morgan fingerprint density at radius 3 is 2.38 bits per heavy atom. The van der Waals surface area contributed by atoms with Crippen LogP contribution >= 0.6 is 11.6 Å². The Labute approximate surface area is 146 Å². The van der Waals surface area contributed by atoms with E-state index in [2.05, 4.69) is 5.32 Å². The molecule has 1 aliphatic rings. The van der Waals surface area contributed by atoms with Crippen molar-refractivity contribution in [3.8, 4) is 0 Å². The molecule has 1 atom stereocenters. The molecule has 0 saturated carbocycles. The molecule has 1 heterocycles. The summed E-state index contributed by atoms with van der Waals surface area (Å²) in [6.07, 6.45) is 1.56. The third-order valence-corrected chi connectivity index (χ3v) is 4.64. The summed E-state index contributed by atoms with van der Waals surface area (Å²) >= 11 is 5.90. The van der Waals surface area contributed by atoms with Crippen LogP contribution in [0.2, 0.25) is 5.02 Å². The number of aryl methyl sites for hydroxylation is 1. The minimum atomic E-state index is -1.03. The number of carbonyl (C=O) groups is 2. The molecule has 0 spiro atoms. The van der Waals surface area contributed by atoms with Crippen molar-refractivity contribution in [2.75, 3.05) is 6.54 Å². The highest BCUT2D eigenvalue weighted by Gasteiger charge is 2.48. The summed E-state index contributed by atoms with van der Waals surface area (Å²) in [6, 6.07) is 16.7. The molecule has 0 aromatic heterocycles. The van der Waals surface area contributed by atoms with Crippen LogP contribution in [0.25, 0.3) is 0 Å². The molecule has 0 radical (unpaired) electrons. The third kappa shape index (κ3) is 3.15. The molecule has 124 valence electrons. The van der Waals surface area contributed by atoms with Gasteiger partial charge in [0, 0.05) is 11.6 Å². The molecular formula is C19H19ClN2O2. The maximum Gasteiger partial charge on any atom is 0.325 e. The zero-order valence-corrected chi connectivity index (χ0v) is 14.2. The molecule has 2 aromatic carbocycles. The second-order valence-electron chi connectivity index (χ2n) is 6.11. The number of hydrogen-bond donors (Lipinski definition) is 1. The van der Waals surface area contributed by atoms with Crippen LogP contribution in [-0.2, 0) is 16.8 Å². The van der Waals surface area contributed by atoms with Crippen molar-refractivity contribution in [3.05, 3.63) is 70.7 Å². The Kier molecular flexibility index (Phi) is 4.58. The Hall–Kier alpha value is -2.33. The number of hydrogen-bond acceptors (Lipinski definition) is 2. The summed E-state index contributed by atoms with van der Waals surface area (Å²) in [5, 5.41) is 3.41. The van der Waals surface area contributed by atoms with Crippen molar-refractivity contribution in [3.63, 3.8) is 0 Å². The summed E-state index contributed by atoms with van der Waals surface area (Å²) in [5.74, 6) is -0.220. The largest absolute Gasteiger partial charge is 0.325 e. The fourth-order valence-electron chi connectivity index (χ4n) is 2.96. The Morgan fingerprint density at radius 1 is 1.04 bits per heavy atom. The van der Waals surface area contributed by atoms with E-state index in [9.17, 15) is 9.59 Å². The van der Waals surface area contributed by atoms with Gasteiger partial charge in [-0.25, -0.2) is 4.79 Å². The highest BCUT2D eigenvalue weighted by molar-refractivity contribution is 6.30. The van der Waals surface area contributed by atoms with E-state index in [0.29, 0.717) is 11.6 Å². The molecule has 5 heteroatoms. The average Bonchev–Trinajstić information content (AvgIpc) is 2.80. The highest BCUT2D eigenvalue weighted by atomic mass is 35.5. The first-order chi connectivity index (χ1) is 11.5. The van der Waals surface area contributed by atoms with Crippen LogP contribution in [0, 0.1) is 0 Å². The lowest BCUT2D eigenvalue weighted by Crippen LogP contribution is -2.41. The SMILES string of the molecule is CC1(c2ccc(Cl)cc2)NC(=O)N(CCCc2ccccc2)C1=O. The van der Waals surface area contributed by atoms with Gasteiger partial charge in [-0.05, 0) is 43.0 Å². The zero-order valence-electron chi connectivity index (χ0n) is 13.5. The van der Waals surface area contributed by atoms with E-state index >= 15 is 0 Å². The molecule has 1 fully saturated rings. The maximum absolute atomic E-state index is 12.8. The molecule has 3 amide bonds. The summed E-state index contributed by atoms with van der Waals surface area (Å²) in [7, 11) is 0. The lowest BCUT2D eigenvalue weighted by Gasteiger charge is -2.22. The number of amides is 3. The van der Waals surface area contributed by atoms with Gasteiger partial charge in [-0.15, -0.1) is 0 Å². The predicted octanol–water partition coefficient (Wildman–Crippen LogP) is 3.74. The fraction of sp³-hybridized carbons (Fsp3) is 0.263. The maximum atomic E-state index is 12.8. The molecule has 1 N–H and O–H groups in total. The fourth-order valence-corrected chi connectivity index (χ4v) is 3.09. The van der Waals surface area contributed by atoms with Gasteiger partial charge in [0.1, 0.15) is 5.54 Å². The van der Waals surface area contributed by atoms with E-state index in [1.807, 2.05) is 30.3 Å². The summed E-state index contributed by atoms with van der Waals surface area (Å²) < 4.78 is 0. The number of urea groups is 1. The Balaban J connectivity index is 1.68. The molecule has 0 bridgehead atoms. The molecular weight excluding hydrogens is 324 g/mol. The van der Waals surface area contributed by atoms with Crippen LogP contribution in [0.5, 0.6) is 0 Å². The number of benzene rings is 2. The first kappa shape index (κ1) is 16.5. The van der Waals surface area contributed by atoms with Crippen molar-refractivity contribution >= 4 is 23.5 Å². The first-order valence-electron chi connectivity index (χ1n) is 7.95. The molecule has 1 aliphatic heterocycles. The van der Waals surface area contributed by atoms with Gasteiger partial charge in [-0.3, -0.25) is 9.69 Å². The van der Waals surface area contributed by atoms with Crippen LogP contribution in [0.3, 0.4) is 0 Å². The zero-order chi connectivity index (χ0) is 17.2. The van der Waals surface area contributed by atoms with Crippen molar-refractivity contribution < 1.29 is 9.59 Å². The molecule has 1 saturated heterocycles. The standard InChI is InChI=1S/C19H19ClN2O2/c1-19(15-9-11-16(20)12-10-15)17(23)22(18(24)21-19)13-5-8-14-6-3-2-4-7-14/h2-4,6-7,9-12H,5,8,13H2,1H3,(H,21,24). The summed E-state index contributed by atoms with van der Waals surface area (Å²) in [5.41, 5.74) is 0.898. The van der Waals surface area contributed by atoms with Gasteiger partial charge in [-0.2, -0.15) is 0 Å². The van der Waals surface area contributed by atoms with Crippen molar-refractivity contribution in [1.82, 2.24) is 10.2 Å². The van der Waals surface area contributed by atoms with Crippen molar-refractivity contribution in [1.29, 1.82) is 0 Å². The van der Waals surface area contributed by atoms with Gasteiger partial charge >= 0.3 is 6.03 Å². The number of nitrogens with zero attached hydrogens (tertiary/aromatic N) is 1. The van der Waals surface area contributed by atoms with Gasteiger partial charge in [-0.1, -0.05) is 54.1 Å². The van der Waals surface area contributed by atoms with Gasteiger partial charge < -0.3 is 5.32 Å². The third-order valence-electron chi connectivity index (χ3n) is 4.39. The van der Waals surface area contributed by atoms with Crippen molar-refractivity contribution in [2.24, 2.45) is 0 Å². The highest BCUT2D eigenvalue weighted by Crippen LogP contribution is 2.29. The normalized spacial score (nSPS) is 20.3. The quantitative estimate of drug-likeness (QED) is 0.841. The average molecular weight is 343 g/mol. The van der Waals surface area contributed by atoms with Gasteiger partial charge in [0.25, 0.3) is 5.91 Å². The second kappa shape index (κ2) is 6.65. The van der Waals surface area contributed by atoms with E-state index in [-0.39, 0.29) is 11.9 Å². The van der Waals surface area contributed by atoms with E-state index in [1.165, 1.54) is 10.5 Å². The number of carbonyl (C=O) groups excluding carboxylic acids is 2. The molecule has 24 heavy (non-hydrogen) atoms. The number of halogens is 1. The molecule has 2 aromatic rings. The van der Waals surface area contributed by atoms with Gasteiger partial charge in [0.2, 0.25) is 0 Å². The Morgan fingerprint density at radius 2 is 1.71 bits per heavy atom. The van der Waals surface area contributed by atoms with Crippen LogP contribution in [-0.4, -0.2) is 23.4 Å². The number of nitrogens with one attached hydrogen (secondary N) is 1. The van der Waals surface area contributed by atoms with E-state index in [0.717, 1.165) is 18.4 Å².